The maximum Gasteiger partial charge on any atom is 0.435 e. The Labute approximate surface area is 269 Å². The molecule has 11 nitrogen and oxygen atoms in total. The largest absolute Gasteiger partial charge is 0.481 e. The van der Waals surface area contributed by atoms with Crippen LogP contribution in [-0.2, 0) is 41.5 Å². The van der Waals surface area contributed by atoms with Gasteiger partial charge in [0.15, 0.2) is 17.3 Å². The van der Waals surface area contributed by atoms with Gasteiger partial charge in [-0.25, -0.2) is 4.68 Å². The van der Waals surface area contributed by atoms with Gasteiger partial charge in [0, 0.05) is 18.4 Å². The smallest absolute Gasteiger partial charge is 0.435 e. The van der Waals surface area contributed by atoms with Crippen LogP contribution in [0, 0.1) is 17.8 Å². The summed E-state index contributed by atoms with van der Waals surface area (Å²) in [5, 5.41) is 15.4. The summed E-state index contributed by atoms with van der Waals surface area (Å²) in [6.45, 7) is 4.00. The van der Waals surface area contributed by atoms with E-state index in [1.807, 2.05) is 6.07 Å². The highest BCUT2D eigenvalue weighted by Gasteiger charge is 2.36. The predicted octanol–water partition coefficient (Wildman–Crippen LogP) is 4.80. The Morgan fingerprint density at radius 3 is 2.09 bits per heavy atom. The van der Waals surface area contributed by atoms with Gasteiger partial charge < -0.3 is 19.9 Å². The molecule has 0 saturated carbocycles. The van der Waals surface area contributed by atoms with Crippen molar-refractivity contribution in [2.75, 3.05) is 6.61 Å². The lowest BCUT2D eigenvalue weighted by atomic mass is 9.90. The van der Waals surface area contributed by atoms with Gasteiger partial charge in [-0.1, -0.05) is 62.4 Å². The number of esters is 1. The lowest BCUT2D eigenvalue weighted by Gasteiger charge is -2.23. The molecule has 47 heavy (non-hydrogen) atoms. The molecule has 0 radical (unpaired) electrons. The molecule has 1 amide bonds. The summed E-state index contributed by atoms with van der Waals surface area (Å²) in [5.74, 6) is -7.08. The SMILES string of the molecule is CC(C)[C@H](CC(=O)OCc1ccccc1)C(=O)N[C@@H](C)C(=O)C[C@@H](CC(=O)O)C(=O)COc1cc(C(F)(F)F)nn1-c1ccccc1. The number of carboxylic acid groups (broad SMARTS) is 1. The van der Waals surface area contributed by atoms with E-state index in [0.717, 1.165) is 10.2 Å². The number of benzene rings is 2. The fourth-order valence-electron chi connectivity index (χ4n) is 4.56. The van der Waals surface area contributed by atoms with Crippen LogP contribution in [-0.4, -0.2) is 56.9 Å². The summed E-state index contributed by atoms with van der Waals surface area (Å²) in [6, 6.07) is 16.1. The highest BCUT2D eigenvalue weighted by molar-refractivity contribution is 5.95. The number of halogens is 3. The second kappa shape index (κ2) is 16.5. The number of nitrogens with zero attached hydrogens (tertiary/aromatic N) is 2. The number of amides is 1. The van der Waals surface area contributed by atoms with Gasteiger partial charge in [0.1, 0.15) is 13.2 Å². The van der Waals surface area contributed by atoms with Crippen molar-refractivity contribution in [2.45, 2.75) is 58.9 Å². The number of Topliss-reactive ketones (excluding diaryl/α,β-unsaturated/α-hetero) is 2. The van der Waals surface area contributed by atoms with E-state index in [2.05, 4.69) is 10.4 Å². The third kappa shape index (κ3) is 11.1. The molecule has 0 bridgehead atoms. The molecule has 2 aromatic carbocycles. The van der Waals surface area contributed by atoms with Gasteiger partial charge in [0.05, 0.1) is 30.5 Å². The molecular formula is C33H36F3N3O8. The Balaban J connectivity index is 1.63. The van der Waals surface area contributed by atoms with E-state index in [1.54, 1.807) is 56.3 Å². The molecule has 1 aromatic heterocycles. The van der Waals surface area contributed by atoms with Crippen LogP contribution in [0.1, 0.15) is 51.3 Å². The average Bonchev–Trinajstić information content (AvgIpc) is 3.46. The zero-order valence-corrected chi connectivity index (χ0v) is 26.0. The van der Waals surface area contributed by atoms with Crippen molar-refractivity contribution in [2.24, 2.45) is 17.8 Å². The number of nitrogens with one attached hydrogen (secondary N) is 1. The fourth-order valence-corrected chi connectivity index (χ4v) is 4.56. The second-order valence-electron chi connectivity index (χ2n) is 11.3. The number of ketones is 2. The molecule has 0 saturated heterocycles. The number of carbonyl (C=O) groups is 5. The molecule has 3 atom stereocenters. The lowest BCUT2D eigenvalue weighted by molar-refractivity contribution is -0.149. The number of carboxylic acids is 1. The summed E-state index contributed by atoms with van der Waals surface area (Å²) >= 11 is 0. The van der Waals surface area contributed by atoms with Gasteiger partial charge in [-0.3, -0.25) is 24.0 Å². The standard InChI is InChI=1S/C33H36F3N3O8/c1-20(2)25(16-31(44)47-18-22-10-6-4-7-11-22)32(45)37-21(3)26(40)14-23(15-30(42)43)27(41)19-46-29-17-28(33(34,35)36)38-39(29)24-12-8-5-9-13-24/h4-13,17,20-21,23,25H,14-16,18-19H2,1-3H3,(H,37,45)(H,42,43)/t21-,23-,25-/m0/s1. The molecule has 0 aliphatic heterocycles. The van der Waals surface area contributed by atoms with Crippen LogP contribution in [0.25, 0.3) is 5.69 Å². The first-order chi connectivity index (χ1) is 22.1. The van der Waals surface area contributed by atoms with Crippen LogP contribution in [0.4, 0.5) is 13.2 Å². The van der Waals surface area contributed by atoms with Gasteiger partial charge in [-0.05, 0) is 30.5 Å². The van der Waals surface area contributed by atoms with Crippen molar-refractivity contribution in [1.29, 1.82) is 0 Å². The number of carbonyl (C=O) groups excluding carboxylic acids is 4. The van der Waals surface area contributed by atoms with Crippen LogP contribution >= 0.6 is 0 Å². The van der Waals surface area contributed by atoms with Crippen LogP contribution in [0.5, 0.6) is 5.88 Å². The lowest BCUT2D eigenvalue weighted by Crippen LogP contribution is -2.44. The van der Waals surface area contributed by atoms with E-state index in [-0.39, 0.29) is 24.6 Å². The van der Waals surface area contributed by atoms with Crippen LogP contribution in [0.2, 0.25) is 0 Å². The fraction of sp³-hybridized carbons (Fsp3) is 0.394. The molecule has 1 heterocycles. The molecule has 0 fully saturated rings. The van der Waals surface area contributed by atoms with E-state index in [1.165, 1.54) is 19.1 Å². The first kappa shape index (κ1) is 36.5. The number of hydrogen-bond acceptors (Lipinski definition) is 8. The number of aliphatic carboxylic acids is 1. The normalized spacial score (nSPS) is 13.3. The first-order valence-corrected chi connectivity index (χ1v) is 14.8. The average molecular weight is 660 g/mol. The molecule has 0 spiro atoms. The van der Waals surface area contributed by atoms with Gasteiger partial charge in [-0.2, -0.15) is 18.3 Å². The molecule has 14 heteroatoms. The summed E-state index contributed by atoms with van der Waals surface area (Å²) < 4.78 is 51.6. The first-order valence-electron chi connectivity index (χ1n) is 14.8. The molecule has 2 N–H and O–H groups in total. The minimum Gasteiger partial charge on any atom is -0.481 e. The van der Waals surface area contributed by atoms with Gasteiger partial charge in [-0.15, -0.1) is 0 Å². The van der Waals surface area contributed by atoms with E-state index in [9.17, 15) is 42.3 Å². The van der Waals surface area contributed by atoms with Gasteiger partial charge in [0.2, 0.25) is 11.8 Å². The Bertz CT molecular complexity index is 1540. The third-order valence-corrected chi connectivity index (χ3v) is 7.27. The maximum atomic E-state index is 13.4. The molecule has 0 unspecified atom stereocenters. The molecule has 3 aromatic rings. The van der Waals surface area contributed by atoms with E-state index in [0.29, 0.717) is 6.07 Å². The highest BCUT2D eigenvalue weighted by Crippen LogP contribution is 2.32. The Kier molecular flexibility index (Phi) is 12.8. The Morgan fingerprint density at radius 1 is 0.894 bits per heavy atom. The van der Waals surface area contributed by atoms with Crippen molar-refractivity contribution in [3.63, 3.8) is 0 Å². The van der Waals surface area contributed by atoms with Crippen molar-refractivity contribution in [1.82, 2.24) is 15.1 Å². The number of aromatic nitrogens is 2. The number of hydrogen-bond donors (Lipinski definition) is 2. The van der Waals surface area contributed by atoms with E-state index in [4.69, 9.17) is 9.47 Å². The highest BCUT2D eigenvalue weighted by atomic mass is 19.4. The summed E-state index contributed by atoms with van der Waals surface area (Å²) in [6.07, 6.45) is -6.41. The number of alkyl halides is 3. The predicted molar refractivity (Wildman–Crippen MR) is 161 cm³/mol. The minimum atomic E-state index is -4.81. The van der Waals surface area contributed by atoms with Gasteiger partial charge in [0.25, 0.3) is 0 Å². The number of rotatable bonds is 17. The zero-order chi connectivity index (χ0) is 34.7. The van der Waals surface area contributed by atoms with Crippen LogP contribution < -0.4 is 10.1 Å². The summed E-state index contributed by atoms with van der Waals surface area (Å²) in [4.78, 5) is 63.1. The van der Waals surface area contributed by atoms with E-state index >= 15 is 0 Å². The van der Waals surface area contributed by atoms with Crippen LogP contribution in [0.3, 0.4) is 0 Å². The van der Waals surface area contributed by atoms with Crippen molar-refractivity contribution in [3.05, 3.63) is 78.0 Å². The molecule has 0 aliphatic carbocycles. The molecule has 0 aliphatic rings. The van der Waals surface area contributed by atoms with Crippen molar-refractivity contribution < 1.29 is 51.7 Å². The Hall–Kier alpha value is -5.01. The third-order valence-electron chi connectivity index (χ3n) is 7.27. The second-order valence-corrected chi connectivity index (χ2v) is 11.3. The van der Waals surface area contributed by atoms with Gasteiger partial charge >= 0.3 is 18.1 Å². The summed E-state index contributed by atoms with van der Waals surface area (Å²) in [5.41, 5.74) is -0.277. The summed E-state index contributed by atoms with van der Waals surface area (Å²) in [7, 11) is 0. The monoisotopic (exact) mass is 659 g/mol. The molecular weight excluding hydrogens is 623 g/mol. The molecule has 252 valence electrons. The van der Waals surface area contributed by atoms with Crippen LogP contribution in [0.15, 0.2) is 66.7 Å². The molecule has 3 rings (SSSR count). The zero-order valence-electron chi connectivity index (χ0n) is 26.0. The van der Waals surface area contributed by atoms with Crippen molar-refractivity contribution >= 4 is 29.4 Å². The topological polar surface area (TPSA) is 154 Å². The van der Waals surface area contributed by atoms with E-state index < -0.39 is 84.5 Å². The number of ether oxygens (including phenoxy) is 2. The van der Waals surface area contributed by atoms with Crippen molar-refractivity contribution in [3.8, 4) is 11.6 Å². The Morgan fingerprint density at radius 2 is 1.51 bits per heavy atom. The maximum absolute atomic E-state index is 13.4. The quantitative estimate of drug-likeness (QED) is 0.195. The number of para-hydroxylation sites is 1. The minimum absolute atomic E-state index is 0.0296.